The maximum atomic E-state index is 5.55. The van der Waals surface area contributed by atoms with Crippen LogP contribution in [0.25, 0.3) is 0 Å². The average molecular weight is 524 g/mol. The van der Waals surface area contributed by atoms with E-state index in [0.717, 1.165) is 50.1 Å². The van der Waals surface area contributed by atoms with Crippen molar-refractivity contribution in [3.8, 4) is 5.75 Å². The fourth-order valence-corrected chi connectivity index (χ4v) is 3.52. The second-order valence-corrected chi connectivity index (χ2v) is 7.23. The number of aliphatic imine (C=N–C) groups is 1. The summed E-state index contributed by atoms with van der Waals surface area (Å²) in [4.78, 5) is 6.87. The summed E-state index contributed by atoms with van der Waals surface area (Å²) >= 11 is 0. The molecule has 1 atom stereocenters. The van der Waals surface area contributed by atoms with Crippen molar-refractivity contribution in [2.24, 2.45) is 4.99 Å². The topological polar surface area (TPSA) is 58.1 Å². The Kier molecular flexibility index (Phi) is 10.4. The highest BCUT2D eigenvalue weighted by molar-refractivity contribution is 14.0. The van der Waals surface area contributed by atoms with Gasteiger partial charge in [-0.1, -0.05) is 42.0 Å². The van der Waals surface area contributed by atoms with Crippen LogP contribution in [0.15, 0.2) is 53.5 Å². The van der Waals surface area contributed by atoms with Crippen molar-refractivity contribution in [3.63, 3.8) is 0 Å². The van der Waals surface area contributed by atoms with Gasteiger partial charge >= 0.3 is 0 Å². The fourth-order valence-electron chi connectivity index (χ4n) is 3.52. The maximum Gasteiger partial charge on any atom is 0.191 e. The molecule has 0 aliphatic carbocycles. The second kappa shape index (κ2) is 12.8. The Morgan fingerprint density at radius 2 is 1.87 bits per heavy atom. The number of halogens is 1. The minimum Gasteiger partial charge on any atom is -0.497 e. The number of ether oxygens (including phenoxy) is 2. The van der Waals surface area contributed by atoms with E-state index in [2.05, 4.69) is 57.8 Å². The Morgan fingerprint density at radius 1 is 1.13 bits per heavy atom. The number of morpholine rings is 1. The molecular formula is C23H33IN4O2. The first-order valence-corrected chi connectivity index (χ1v) is 10.2. The van der Waals surface area contributed by atoms with Gasteiger partial charge in [-0.2, -0.15) is 0 Å². The van der Waals surface area contributed by atoms with Crippen LogP contribution in [0.4, 0.5) is 0 Å². The molecular weight excluding hydrogens is 491 g/mol. The molecule has 0 radical (unpaired) electrons. The standard InChI is InChI=1S/C23H32N4O2.HI/c1-18-7-9-20(10-8-18)22(27-11-13-29-14-12-27)17-26-23(24-2)25-16-19-5-4-6-21(15-19)28-3;/h4-10,15,22H,11-14,16-17H2,1-3H3,(H2,24,25,26);1H. The Hall–Kier alpha value is -1.84. The highest BCUT2D eigenvalue weighted by Crippen LogP contribution is 2.21. The van der Waals surface area contributed by atoms with E-state index < -0.39 is 0 Å². The van der Waals surface area contributed by atoms with Crippen LogP contribution in [-0.2, 0) is 11.3 Å². The molecule has 3 rings (SSSR count). The Bertz CT molecular complexity index is 792. The van der Waals surface area contributed by atoms with E-state index in [1.54, 1.807) is 14.2 Å². The molecule has 1 aliphatic rings. The number of aryl methyl sites for hydroxylation is 1. The molecule has 164 valence electrons. The van der Waals surface area contributed by atoms with Gasteiger partial charge < -0.3 is 20.1 Å². The number of nitrogens with one attached hydrogen (secondary N) is 2. The first kappa shape index (κ1) is 24.4. The molecule has 6 nitrogen and oxygen atoms in total. The fraction of sp³-hybridized carbons (Fsp3) is 0.435. The molecule has 1 aliphatic heterocycles. The SMILES string of the molecule is CN=C(NCc1cccc(OC)c1)NCC(c1ccc(C)cc1)N1CCOCC1.I. The monoisotopic (exact) mass is 524 g/mol. The van der Waals surface area contributed by atoms with Gasteiger partial charge in [-0.15, -0.1) is 24.0 Å². The zero-order valence-corrected chi connectivity index (χ0v) is 20.4. The molecule has 0 saturated carbocycles. The summed E-state index contributed by atoms with van der Waals surface area (Å²) in [5, 5.41) is 6.90. The number of methoxy groups -OCH3 is 1. The minimum atomic E-state index is 0. The van der Waals surface area contributed by atoms with Crippen LogP contribution in [0.5, 0.6) is 5.75 Å². The largest absolute Gasteiger partial charge is 0.497 e. The van der Waals surface area contributed by atoms with E-state index in [1.807, 2.05) is 18.2 Å². The summed E-state index contributed by atoms with van der Waals surface area (Å²) in [7, 11) is 3.49. The summed E-state index contributed by atoms with van der Waals surface area (Å²) in [5.74, 6) is 1.65. The molecule has 0 amide bonds. The smallest absolute Gasteiger partial charge is 0.191 e. The first-order chi connectivity index (χ1) is 14.2. The minimum absolute atomic E-state index is 0. The van der Waals surface area contributed by atoms with Gasteiger partial charge in [-0.3, -0.25) is 9.89 Å². The predicted octanol–water partition coefficient (Wildman–Crippen LogP) is 3.36. The predicted molar refractivity (Wildman–Crippen MR) is 133 cm³/mol. The van der Waals surface area contributed by atoms with Crippen LogP contribution in [0.2, 0.25) is 0 Å². The molecule has 2 aromatic carbocycles. The number of guanidine groups is 1. The van der Waals surface area contributed by atoms with Crippen molar-refractivity contribution >= 4 is 29.9 Å². The molecule has 2 N–H and O–H groups in total. The molecule has 0 aromatic heterocycles. The van der Waals surface area contributed by atoms with Gasteiger partial charge in [0.2, 0.25) is 0 Å². The van der Waals surface area contributed by atoms with Gasteiger partial charge in [0, 0.05) is 33.2 Å². The van der Waals surface area contributed by atoms with Crippen LogP contribution in [0.3, 0.4) is 0 Å². The number of hydrogen-bond acceptors (Lipinski definition) is 4. The third kappa shape index (κ3) is 7.14. The first-order valence-electron chi connectivity index (χ1n) is 10.2. The van der Waals surface area contributed by atoms with Gasteiger partial charge in [0.05, 0.1) is 26.4 Å². The lowest BCUT2D eigenvalue weighted by molar-refractivity contribution is 0.0170. The number of benzene rings is 2. The molecule has 1 heterocycles. The summed E-state index contributed by atoms with van der Waals surface area (Å²) in [6.45, 7) is 7.03. The quantitative estimate of drug-likeness (QED) is 0.331. The average Bonchev–Trinajstić information content (AvgIpc) is 2.78. The van der Waals surface area contributed by atoms with Crippen LogP contribution in [-0.4, -0.2) is 57.9 Å². The van der Waals surface area contributed by atoms with Crippen molar-refractivity contribution < 1.29 is 9.47 Å². The van der Waals surface area contributed by atoms with Crippen LogP contribution >= 0.6 is 24.0 Å². The Labute approximate surface area is 197 Å². The van der Waals surface area contributed by atoms with Gasteiger partial charge in [0.25, 0.3) is 0 Å². The normalized spacial score (nSPS) is 15.8. The highest BCUT2D eigenvalue weighted by Gasteiger charge is 2.22. The van der Waals surface area contributed by atoms with Gasteiger partial charge in [-0.25, -0.2) is 0 Å². The zero-order chi connectivity index (χ0) is 20.5. The Morgan fingerprint density at radius 3 is 2.53 bits per heavy atom. The van der Waals surface area contributed by atoms with E-state index in [9.17, 15) is 0 Å². The molecule has 0 spiro atoms. The third-order valence-electron chi connectivity index (χ3n) is 5.23. The molecule has 1 saturated heterocycles. The zero-order valence-electron chi connectivity index (χ0n) is 18.1. The van der Waals surface area contributed by atoms with Crippen LogP contribution in [0.1, 0.15) is 22.7 Å². The molecule has 1 unspecified atom stereocenters. The van der Waals surface area contributed by atoms with E-state index in [4.69, 9.17) is 9.47 Å². The van der Waals surface area contributed by atoms with Crippen molar-refractivity contribution in [1.29, 1.82) is 0 Å². The van der Waals surface area contributed by atoms with Crippen molar-refractivity contribution in [3.05, 3.63) is 65.2 Å². The van der Waals surface area contributed by atoms with Crippen LogP contribution in [0, 0.1) is 6.92 Å². The van der Waals surface area contributed by atoms with E-state index in [0.29, 0.717) is 6.54 Å². The lowest BCUT2D eigenvalue weighted by Crippen LogP contribution is -2.46. The summed E-state index contributed by atoms with van der Waals surface area (Å²) in [5.41, 5.74) is 3.74. The van der Waals surface area contributed by atoms with Gasteiger partial charge in [-0.05, 0) is 30.2 Å². The maximum absolute atomic E-state index is 5.55. The second-order valence-electron chi connectivity index (χ2n) is 7.23. The molecule has 30 heavy (non-hydrogen) atoms. The molecule has 0 bridgehead atoms. The van der Waals surface area contributed by atoms with Gasteiger partial charge in [0.15, 0.2) is 5.96 Å². The molecule has 2 aromatic rings. The number of hydrogen-bond donors (Lipinski definition) is 2. The summed E-state index contributed by atoms with van der Waals surface area (Å²) in [6, 6.07) is 17.1. The summed E-state index contributed by atoms with van der Waals surface area (Å²) in [6.07, 6.45) is 0. The third-order valence-corrected chi connectivity index (χ3v) is 5.23. The van der Waals surface area contributed by atoms with Crippen molar-refractivity contribution in [2.75, 3.05) is 47.0 Å². The number of nitrogens with zero attached hydrogens (tertiary/aromatic N) is 2. The van der Waals surface area contributed by atoms with E-state index in [-0.39, 0.29) is 30.0 Å². The van der Waals surface area contributed by atoms with Crippen LogP contribution < -0.4 is 15.4 Å². The number of rotatable bonds is 7. The van der Waals surface area contributed by atoms with Crippen molar-refractivity contribution in [2.45, 2.75) is 19.5 Å². The van der Waals surface area contributed by atoms with E-state index in [1.165, 1.54) is 11.1 Å². The lowest BCUT2D eigenvalue weighted by atomic mass is 10.0. The Balaban J connectivity index is 0.00000320. The molecule has 1 fully saturated rings. The van der Waals surface area contributed by atoms with Gasteiger partial charge in [0.1, 0.15) is 5.75 Å². The lowest BCUT2D eigenvalue weighted by Gasteiger charge is -2.35. The summed E-state index contributed by atoms with van der Waals surface area (Å²) < 4.78 is 10.9. The molecule has 7 heteroatoms. The highest BCUT2D eigenvalue weighted by atomic mass is 127. The van der Waals surface area contributed by atoms with E-state index >= 15 is 0 Å². The van der Waals surface area contributed by atoms with Crippen molar-refractivity contribution in [1.82, 2.24) is 15.5 Å².